The number of morpholine rings is 1. The molecular weight excluding hydrogens is 362 g/mol. The molecule has 3 fully saturated rings. The van der Waals surface area contributed by atoms with Gasteiger partial charge in [-0.1, -0.05) is 6.07 Å². The summed E-state index contributed by atoms with van der Waals surface area (Å²) in [5.41, 5.74) is 3.71. The lowest BCUT2D eigenvalue weighted by molar-refractivity contribution is 0.00494. The first-order chi connectivity index (χ1) is 14.4. The molecule has 5 rings (SSSR count). The van der Waals surface area contributed by atoms with Gasteiger partial charge in [-0.15, -0.1) is 0 Å². The summed E-state index contributed by atoms with van der Waals surface area (Å²) in [6.07, 6.45) is 10.5. The Morgan fingerprint density at radius 3 is 2.59 bits per heavy atom. The lowest BCUT2D eigenvalue weighted by atomic mass is 9.82. The molecule has 1 aliphatic carbocycles. The van der Waals surface area contributed by atoms with Crippen LogP contribution in [0.1, 0.15) is 55.7 Å². The SMILES string of the molecule is c1nc(CC2CCC(N3CCOCC3)CC2)c2cc(C3CCCOC3)ccc2n1. The zero-order chi connectivity index (χ0) is 19.5. The lowest BCUT2D eigenvalue weighted by Gasteiger charge is -2.38. The van der Waals surface area contributed by atoms with Gasteiger partial charge in [-0.2, -0.15) is 0 Å². The molecule has 0 N–H and O–H groups in total. The normalized spacial score (nSPS) is 29.2. The van der Waals surface area contributed by atoms with Crippen molar-refractivity contribution in [3.63, 3.8) is 0 Å². The van der Waals surface area contributed by atoms with Gasteiger partial charge in [0.2, 0.25) is 0 Å². The molecule has 1 atom stereocenters. The standard InChI is InChI=1S/C24H33N3O2/c1-2-20(16-29-11-1)19-5-8-23-22(15-19)24(26-17-25-23)14-18-3-6-21(7-4-18)27-9-12-28-13-10-27/h5,8,15,17-18,20-21H,1-4,6-7,9-14,16H2. The Balaban J connectivity index is 1.27. The molecule has 3 heterocycles. The summed E-state index contributed by atoms with van der Waals surface area (Å²) in [5, 5.41) is 1.26. The highest BCUT2D eigenvalue weighted by Gasteiger charge is 2.27. The summed E-state index contributed by atoms with van der Waals surface area (Å²) < 4.78 is 11.2. The maximum absolute atomic E-state index is 5.72. The highest BCUT2D eigenvalue weighted by molar-refractivity contribution is 5.81. The van der Waals surface area contributed by atoms with Crippen molar-refractivity contribution in [1.82, 2.24) is 14.9 Å². The van der Waals surface area contributed by atoms with E-state index < -0.39 is 0 Å². The Morgan fingerprint density at radius 1 is 0.931 bits per heavy atom. The van der Waals surface area contributed by atoms with Crippen molar-refractivity contribution in [2.75, 3.05) is 39.5 Å². The minimum Gasteiger partial charge on any atom is -0.381 e. The second kappa shape index (κ2) is 9.07. The van der Waals surface area contributed by atoms with E-state index in [-0.39, 0.29) is 0 Å². The van der Waals surface area contributed by atoms with Gasteiger partial charge in [0.05, 0.1) is 31.0 Å². The molecule has 0 radical (unpaired) electrons. The van der Waals surface area contributed by atoms with E-state index in [0.717, 1.165) is 69.8 Å². The van der Waals surface area contributed by atoms with E-state index in [1.807, 2.05) is 0 Å². The van der Waals surface area contributed by atoms with Crippen molar-refractivity contribution in [3.8, 4) is 0 Å². The van der Waals surface area contributed by atoms with Crippen LogP contribution in [0.3, 0.4) is 0 Å². The van der Waals surface area contributed by atoms with E-state index in [2.05, 4.69) is 28.1 Å². The Kier molecular flexibility index (Phi) is 6.07. The number of rotatable bonds is 4. The van der Waals surface area contributed by atoms with Gasteiger partial charge in [-0.05, 0) is 68.6 Å². The summed E-state index contributed by atoms with van der Waals surface area (Å²) in [4.78, 5) is 11.9. The van der Waals surface area contributed by atoms with E-state index in [9.17, 15) is 0 Å². The lowest BCUT2D eigenvalue weighted by Crippen LogP contribution is -2.45. The third-order valence-electron chi connectivity index (χ3n) is 7.23. The topological polar surface area (TPSA) is 47.5 Å². The Morgan fingerprint density at radius 2 is 1.79 bits per heavy atom. The smallest absolute Gasteiger partial charge is 0.116 e. The van der Waals surface area contributed by atoms with Crippen molar-refractivity contribution >= 4 is 10.9 Å². The molecule has 5 heteroatoms. The van der Waals surface area contributed by atoms with Crippen molar-refractivity contribution in [2.24, 2.45) is 5.92 Å². The summed E-state index contributed by atoms with van der Waals surface area (Å²) in [6.45, 7) is 5.78. The highest BCUT2D eigenvalue weighted by Crippen LogP contribution is 2.33. The molecule has 1 aromatic carbocycles. The first-order valence-corrected chi connectivity index (χ1v) is 11.5. The van der Waals surface area contributed by atoms with Crippen molar-refractivity contribution < 1.29 is 9.47 Å². The molecule has 2 aliphatic heterocycles. The Labute approximate surface area is 173 Å². The third kappa shape index (κ3) is 4.47. The molecule has 156 valence electrons. The number of benzene rings is 1. The van der Waals surface area contributed by atoms with E-state index in [1.165, 1.54) is 48.7 Å². The average Bonchev–Trinajstić information content (AvgIpc) is 2.81. The van der Waals surface area contributed by atoms with Gasteiger partial charge >= 0.3 is 0 Å². The summed E-state index contributed by atoms with van der Waals surface area (Å²) >= 11 is 0. The van der Waals surface area contributed by atoms with Crippen LogP contribution in [-0.2, 0) is 15.9 Å². The molecule has 0 bridgehead atoms. The highest BCUT2D eigenvalue weighted by atomic mass is 16.5. The van der Waals surface area contributed by atoms with Gasteiger partial charge in [0.15, 0.2) is 0 Å². The molecular formula is C24H33N3O2. The van der Waals surface area contributed by atoms with Crippen LogP contribution in [0.15, 0.2) is 24.5 Å². The fourth-order valence-electron chi connectivity index (χ4n) is 5.48. The molecule has 2 aromatic rings. The molecule has 3 aliphatic rings. The van der Waals surface area contributed by atoms with Crippen molar-refractivity contribution in [1.29, 1.82) is 0 Å². The van der Waals surface area contributed by atoms with Crippen LogP contribution in [0.25, 0.3) is 10.9 Å². The van der Waals surface area contributed by atoms with Crippen molar-refractivity contribution in [2.45, 2.75) is 56.9 Å². The first kappa shape index (κ1) is 19.4. The zero-order valence-electron chi connectivity index (χ0n) is 17.4. The monoisotopic (exact) mass is 395 g/mol. The summed E-state index contributed by atoms with van der Waals surface area (Å²) in [7, 11) is 0. The van der Waals surface area contributed by atoms with Crippen LogP contribution in [0.4, 0.5) is 0 Å². The largest absolute Gasteiger partial charge is 0.381 e. The number of ether oxygens (including phenoxy) is 2. The molecule has 0 amide bonds. The fourth-order valence-corrected chi connectivity index (χ4v) is 5.48. The maximum Gasteiger partial charge on any atom is 0.116 e. The third-order valence-corrected chi connectivity index (χ3v) is 7.23. The first-order valence-electron chi connectivity index (χ1n) is 11.5. The van der Waals surface area contributed by atoms with E-state index in [1.54, 1.807) is 6.33 Å². The van der Waals surface area contributed by atoms with E-state index >= 15 is 0 Å². The molecule has 5 nitrogen and oxygen atoms in total. The van der Waals surface area contributed by atoms with Gasteiger partial charge in [0.25, 0.3) is 0 Å². The van der Waals surface area contributed by atoms with Crippen LogP contribution >= 0.6 is 0 Å². The molecule has 1 saturated carbocycles. The molecule has 0 spiro atoms. The van der Waals surface area contributed by atoms with E-state index in [0.29, 0.717) is 5.92 Å². The predicted molar refractivity (Wildman–Crippen MR) is 114 cm³/mol. The van der Waals surface area contributed by atoms with Crippen LogP contribution in [0.2, 0.25) is 0 Å². The second-order valence-electron chi connectivity index (χ2n) is 9.04. The Hall–Kier alpha value is -1.56. The summed E-state index contributed by atoms with van der Waals surface area (Å²) in [6, 6.07) is 7.53. The minimum atomic E-state index is 0.519. The molecule has 1 unspecified atom stereocenters. The maximum atomic E-state index is 5.72. The number of hydrogen-bond acceptors (Lipinski definition) is 5. The van der Waals surface area contributed by atoms with Crippen LogP contribution in [-0.4, -0.2) is 60.4 Å². The van der Waals surface area contributed by atoms with E-state index in [4.69, 9.17) is 14.5 Å². The number of nitrogens with zero attached hydrogens (tertiary/aromatic N) is 3. The molecule has 1 aromatic heterocycles. The second-order valence-corrected chi connectivity index (χ2v) is 9.04. The minimum absolute atomic E-state index is 0.519. The predicted octanol–water partition coefficient (Wildman–Crippen LogP) is 3.96. The van der Waals surface area contributed by atoms with Gasteiger partial charge in [-0.3, -0.25) is 4.90 Å². The number of fused-ring (bicyclic) bond motifs is 1. The van der Waals surface area contributed by atoms with Gasteiger partial charge in [-0.25, -0.2) is 9.97 Å². The fraction of sp³-hybridized carbons (Fsp3) is 0.667. The van der Waals surface area contributed by atoms with Crippen LogP contribution in [0.5, 0.6) is 0 Å². The molecule has 29 heavy (non-hydrogen) atoms. The number of hydrogen-bond donors (Lipinski definition) is 0. The van der Waals surface area contributed by atoms with Gasteiger partial charge in [0, 0.05) is 37.0 Å². The summed E-state index contributed by atoms with van der Waals surface area (Å²) in [5.74, 6) is 1.26. The van der Waals surface area contributed by atoms with Crippen molar-refractivity contribution in [3.05, 3.63) is 35.8 Å². The zero-order valence-corrected chi connectivity index (χ0v) is 17.4. The van der Waals surface area contributed by atoms with Gasteiger partial charge in [0.1, 0.15) is 6.33 Å². The van der Waals surface area contributed by atoms with Crippen LogP contribution in [0, 0.1) is 5.92 Å². The van der Waals surface area contributed by atoms with Gasteiger partial charge < -0.3 is 9.47 Å². The Bertz CT molecular complexity index is 807. The average molecular weight is 396 g/mol. The van der Waals surface area contributed by atoms with Crippen LogP contribution < -0.4 is 0 Å². The molecule has 2 saturated heterocycles. The quantitative estimate of drug-likeness (QED) is 0.784. The number of aromatic nitrogens is 2.